The molecule has 186 valence electrons. The summed E-state index contributed by atoms with van der Waals surface area (Å²) in [6.45, 7) is 0.942. The van der Waals surface area contributed by atoms with Gasteiger partial charge in [0.1, 0.15) is 36.5 Å². The first kappa shape index (κ1) is 27.8. The van der Waals surface area contributed by atoms with E-state index in [2.05, 4.69) is 10.3 Å². The molecule has 11 heteroatoms. The molecule has 0 amide bonds. The van der Waals surface area contributed by atoms with E-state index in [-0.39, 0.29) is 72.1 Å². The summed E-state index contributed by atoms with van der Waals surface area (Å²) in [7, 11) is 0. The first-order chi connectivity index (χ1) is 15.9. The van der Waals surface area contributed by atoms with Crippen molar-refractivity contribution in [3.05, 3.63) is 94.3 Å². The van der Waals surface area contributed by atoms with Crippen LogP contribution >= 0.6 is 24.8 Å². The maximum absolute atomic E-state index is 14.8. The van der Waals surface area contributed by atoms with Crippen molar-refractivity contribution in [2.24, 2.45) is 10.7 Å². The maximum Gasteiger partial charge on any atom is 0.206 e. The summed E-state index contributed by atoms with van der Waals surface area (Å²) in [6.07, 6.45) is 0. The molecule has 1 aliphatic heterocycles. The highest BCUT2D eigenvalue weighted by Crippen LogP contribution is 2.28. The summed E-state index contributed by atoms with van der Waals surface area (Å²) in [5.41, 5.74) is 6.65. The van der Waals surface area contributed by atoms with Gasteiger partial charge in [-0.15, -0.1) is 24.8 Å². The number of benzene rings is 3. The highest BCUT2D eigenvalue weighted by Gasteiger charge is 2.15. The first-order valence-electron chi connectivity index (χ1n) is 10.2. The topological polar surface area (TPSA) is 92.7 Å². The summed E-state index contributed by atoms with van der Waals surface area (Å²) in [5, 5.41) is 10.4. The smallest absolute Gasteiger partial charge is 0.206 e. The predicted octanol–water partition coefficient (Wildman–Crippen LogP) is 4.74. The van der Waals surface area contributed by atoms with Crippen molar-refractivity contribution in [2.45, 2.75) is 13.2 Å². The molecule has 3 aromatic carbocycles. The molecular weight excluding hydrogens is 504 g/mol. The van der Waals surface area contributed by atoms with Gasteiger partial charge in [0, 0.05) is 28.8 Å². The molecular formula is C24H23Cl2F3N4O2. The standard InChI is InChI=1S/C24H21F3N4O2.2ClH/c25-18-10-14(23(28)29)4-6-16(18)12-32-20-2-1-3-21(22(20)27)33-13-17-7-5-15(11-19(17)26)24-30-8-9-31-24;;/h1-7,10-11H,8-9,12-13H2,(H3,28,29)(H,30,31);2*1H. The molecule has 4 N–H and O–H groups in total. The molecule has 0 saturated carbocycles. The van der Waals surface area contributed by atoms with Crippen molar-refractivity contribution >= 4 is 36.5 Å². The van der Waals surface area contributed by atoms with Gasteiger partial charge in [-0.2, -0.15) is 4.39 Å². The van der Waals surface area contributed by atoms with E-state index in [0.717, 1.165) is 12.6 Å². The van der Waals surface area contributed by atoms with Gasteiger partial charge in [-0.1, -0.05) is 30.3 Å². The van der Waals surface area contributed by atoms with Crippen LogP contribution in [0.1, 0.15) is 22.3 Å². The number of halogens is 5. The number of nitrogens with one attached hydrogen (secondary N) is 2. The van der Waals surface area contributed by atoms with Crippen LogP contribution in [0.25, 0.3) is 0 Å². The van der Waals surface area contributed by atoms with Gasteiger partial charge in [0.25, 0.3) is 0 Å². The molecule has 6 nitrogen and oxygen atoms in total. The molecule has 0 fully saturated rings. The van der Waals surface area contributed by atoms with Gasteiger partial charge >= 0.3 is 0 Å². The number of aliphatic imine (C=N–C) groups is 1. The number of amidine groups is 2. The van der Waals surface area contributed by atoms with Crippen LogP contribution in [-0.2, 0) is 13.2 Å². The summed E-state index contributed by atoms with van der Waals surface area (Å²) in [6, 6.07) is 13.0. The van der Waals surface area contributed by atoms with Crippen LogP contribution in [0.5, 0.6) is 11.5 Å². The molecule has 0 radical (unpaired) electrons. The van der Waals surface area contributed by atoms with Gasteiger partial charge < -0.3 is 20.5 Å². The molecule has 35 heavy (non-hydrogen) atoms. The van der Waals surface area contributed by atoms with E-state index in [1.165, 1.54) is 36.4 Å². The Morgan fingerprint density at radius 2 is 1.51 bits per heavy atom. The van der Waals surface area contributed by atoms with E-state index in [1.54, 1.807) is 12.1 Å². The largest absolute Gasteiger partial charge is 0.486 e. The van der Waals surface area contributed by atoms with Crippen LogP contribution in [0.15, 0.2) is 59.6 Å². The fraction of sp³-hybridized carbons (Fsp3) is 0.167. The third-order valence-corrected chi connectivity index (χ3v) is 5.06. The van der Waals surface area contributed by atoms with Crippen molar-refractivity contribution < 1.29 is 22.6 Å². The number of hydrogen-bond donors (Lipinski definition) is 3. The molecule has 0 unspecified atom stereocenters. The molecule has 1 aliphatic rings. The summed E-state index contributed by atoms with van der Waals surface area (Å²) in [4.78, 5) is 4.25. The third kappa shape index (κ3) is 6.58. The Kier molecular flexibility index (Phi) is 9.79. The molecule has 4 rings (SSSR count). The molecule has 3 aromatic rings. The zero-order valence-corrected chi connectivity index (χ0v) is 19.9. The fourth-order valence-electron chi connectivity index (χ4n) is 3.26. The van der Waals surface area contributed by atoms with Crippen LogP contribution < -0.4 is 20.5 Å². The molecule has 0 aromatic heterocycles. The second kappa shape index (κ2) is 12.3. The minimum atomic E-state index is -0.778. The SMILES string of the molecule is Cl.Cl.N=C(N)c1ccc(COc2cccc(OCc3ccc(C4=NCCN4)cc3F)c2F)c(F)c1. The molecule has 0 atom stereocenters. The second-order valence-electron chi connectivity index (χ2n) is 7.33. The molecule has 0 aliphatic carbocycles. The molecule has 1 heterocycles. The predicted molar refractivity (Wildman–Crippen MR) is 133 cm³/mol. The lowest BCUT2D eigenvalue weighted by atomic mass is 10.1. The number of hydrogen-bond acceptors (Lipinski definition) is 5. The zero-order chi connectivity index (χ0) is 23.4. The van der Waals surface area contributed by atoms with Crippen LogP contribution in [-0.4, -0.2) is 24.8 Å². The highest BCUT2D eigenvalue weighted by molar-refractivity contribution is 5.99. The van der Waals surface area contributed by atoms with E-state index in [9.17, 15) is 13.2 Å². The lowest BCUT2D eigenvalue weighted by Crippen LogP contribution is -2.19. The number of nitrogen functional groups attached to an aromatic ring is 1. The van der Waals surface area contributed by atoms with Crippen LogP contribution in [0.2, 0.25) is 0 Å². The maximum atomic E-state index is 14.8. The van der Waals surface area contributed by atoms with E-state index < -0.39 is 17.5 Å². The lowest BCUT2D eigenvalue weighted by Gasteiger charge is -2.13. The van der Waals surface area contributed by atoms with Crippen LogP contribution in [0, 0.1) is 22.9 Å². The van der Waals surface area contributed by atoms with Crippen LogP contribution in [0.3, 0.4) is 0 Å². The number of nitrogens with zero attached hydrogens (tertiary/aromatic N) is 1. The average Bonchev–Trinajstić information content (AvgIpc) is 3.34. The van der Waals surface area contributed by atoms with Crippen molar-refractivity contribution in [1.29, 1.82) is 5.41 Å². The highest BCUT2D eigenvalue weighted by atomic mass is 35.5. The van der Waals surface area contributed by atoms with E-state index in [0.29, 0.717) is 17.9 Å². The number of nitrogens with two attached hydrogens (primary N) is 1. The minimum absolute atomic E-state index is 0. The van der Waals surface area contributed by atoms with Gasteiger partial charge in [0.05, 0.1) is 6.54 Å². The summed E-state index contributed by atoms with van der Waals surface area (Å²) in [5.74, 6) is -1.75. The van der Waals surface area contributed by atoms with Crippen molar-refractivity contribution in [3.8, 4) is 11.5 Å². The summed E-state index contributed by atoms with van der Waals surface area (Å²) >= 11 is 0. The Hall–Kier alpha value is -3.43. The number of rotatable bonds is 8. The minimum Gasteiger partial charge on any atom is -0.486 e. The van der Waals surface area contributed by atoms with Crippen molar-refractivity contribution in [2.75, 3.05) is 13.1 Å². The molecule has 0 spiro atoms. The van der Waals surface area contributed by atoms with Crippen molar-refractivity contribution in [3.63, 3.8) is 0 Å². The lowest BCUT2D eigenvalue weighted by molar-refractivity contribution is 0.258. The van der Waals surface area contributed by atoms with Gasteiger partial charge in [0.2, 0.25) is 5.82 Å². The van der Waals surface area contributed by atoms with Gasteiger partial charge in [-0.3, -0.25) is 10.4 Å². The van der Waals surface area contributed by atoms with E-state index in [4.69, 9.17) is 20.6 Å². The van der Waals surface area contributed by atoms with Gasteiger partial charge in [-0.25, -0.2) is 8.78 Å². The molecule has 0 saturated heterocycles. The second-order valence-corrected chi connectivity index (χ2v) is 7.33. The Morgan fingerprint density at radius 1 is 0.914 bits per heavy atom. The van der Waals surface area contributed by atoms with Crippen LogP contribution in [0.4, 0.5) is 13.2 Å². The Morgan fingerprint density at radius 3 is 2.03 bits per heavy atom. The first-order valence-corrected chi connectivity index (χ1v) is 10.2. The number of ether oxygens (including phenoxy) is 2. The zero-order valence-electron chi connectivity index (χ0n) is 18.3. The van der Waals surface area contributed by atoms with Gasteiger partial charge in [0.15, 0.2) is 11.5 Å². The monoisotopic (exact) mass is 526 g/mol. The molecule has 0 bridgehead atoms. The Balaban J connectivity index is 0.00000216. The average molecular weight is 527 g/mol. The summed E-state index contributed by atoms with van der Waals surface area (Å²) < 4.78 is 54.3. The Labute approximate surface area is 212 Å². The van der Waals surface area contributed by atoms with E-state index >= 15 is 0 Å². The fourth-order valence-corrected chi connectivity index (χ4v) is 3.26. The third-order valence-electron chi connectivity index (χ3n) is 5.06. The Bertz CT molecular complexity index is 1240. The van der Waals surface area contributed by atoms with E-state index in [1.807, 2.05) is 0 Å². The quantitative estimate of drug-likeness (QED) is 0.292. The van der Waals surface area contributed by atoms with Gasteiger partial charge in [-0.05, 0) is 24.3 Å². The normalized spacial score (nSPS) is 12.0. The van der Waals surface area contributed by atoms with Crippen molar-refractivity contribution in [1.82, 2.24) is 5.32 Å².